The van der Waals surface area contributed by atoms with Gasteiger partial charge in [0.2, 0.25) is 0 Å². The number of aryl methyl sites for hydroxylation is 2. The molecule has 0 amide bonds. The molecule has 2 heterocycles. The van der Waals surface area contributed by atoms with Gasteiger partial charge < -0.3 is 0 Å². The van der Waals surface area contributed by atoms with Gasteiger partial charge in [0.05, 0.1) is 22.0 Å². The predicted molar refractivity (Wildman–Crippen MR) is 116 cm³/mol. The van der Waals surface area contributed by atoms with E-state index in [4.69, 9.17) is 16.6 Å². The topological polar surface area (TPSA) is 52.0 Å². The monoisotopic (exact) mass is 428 g/mol. The first kappa shape index (κ1) is 19.3. The van der Waals surface area contributed by atoms with E-state index in [-0.39, 0.29) is 17.1 Å². The summed E-state index contributed by atoms with van der Waals surface area (Å²) in [6, 6.07) is 14.6. The van der Waals surface area contributed by atoms with Gasteiger partial charge >= 0.3 is 0 Å². The van der Waals surface area contributed by atoms with Crippen LogP contribution in [0.3, 0.4) is 0 Å². The Balaban J connectivity index is 1.68. The van der Waals surface area contributed by atoms with E-state index in [2.05, 4.69) is 0 Å². The molecule has 4 rings (SSSR count). The number of ketones is 1. The van der Waals surface area contributed by atoms with Gasteiger partial charge in [0.15, 0.2) is 10.9 Å². The highest BCUT2D eigenvalue weighted by molar-refractivity contribution is 8.00. The van der Waals surface area contributed by atoms with Crippen molar-refractivity contribution in [2.75, 3.05) is 11.5 Å². The van der Waals surface area contributed by atoms with Gasteiger partial charge in [-0.15, -0.1) is 11.8 Å². The fourth-order valence-corrected chi connectivity index (χ4v) is 5.03. The van der Waals surface area contributed by atoms with Crippen molar-refractivity contribution in [2.45, 2.75) is 23.4 Å². The molecule has 3 aromatic rings. The average Bonchev–Trinajstić information content (AvgIpc) is 3.17. The van der Waals surface area contributed by atoms with E-state index in [1.165, 1.54) is 11.8 Å². The summed E-state index contributed by atoms with van der Waals surface area (Å²) in [5.41, 5.74) is 3.25. The minimum atomic E-state index is -0.0576. The summed E-state index contributed by atoms with van der Waals surface area (Å²) < 4.78 is 1.62. The molecule has 0 atom stereocenters. The van der Waals surface area contributed by atoms with E-state index in [1.54, 1.807) is 40.6 Å². The normalized spacial score (nSPS) is 12.8. The van der Waals surface area contributed by atoms with E-state index in [0.29, 0.717) is 20.6 Å². The third-order valence-corrected chi connectivity index (χ3v) is 6.76. The van der Waals surface area contributed by atoms with E-state index in [0.717, 1.165) is 29.1 Å². The first-order valence-corrected chi connectivity index (χ1v) is 11.1. The number of Topliss-reactive ketones (excluding diaryl/α,β-unsaturated/α-hetero) is 1. The van der Waals surface area contributed by atoms with Gasteiger partial charge in [-0.05, 0) is 43.3 Å². The molecule has 0 unspecified atom stereocenters. The number of hydrogen-bond donors (Lipinski definition) is 0. The highest BCUT2D eigenvalue weighted by Crippen LogP contribution is 2.30. The zero-order valence-electron chi connectivity index (χ0n) is 15.1. The van der Waals surface area contributed by atoms with E-state index in [1.807, 2.05) is 31.2 Å². The molecular weight excluding hydrogens is 412 g/mol. The third kappa shape index (κ3) is 3.90. The summed E-state index contributed by atoms with van der Waals surface area (Å²) in [5, 5.41) is 1.15. The molecule has 4 nitrogen and oxygen atoms in total. The quantitative estimate of drug-likeness (QED) is 0.331. The van der Waals surface area contributed by atoms with E-state index < -0.39 is 0 Å². The van der Waals surface area contributed by atoms with Crippen LogP contribution >= 0.6 is 35.1 Å². The summed E-state index contributed by atoms with van der Waals surface area (Å²) in [5.74, 6) is 1.04. The smallest absolute Gasteiger partial charge is 0.272 e. The van der Waals surface area contributed by atoms with Crippen molar-refractivity contribution in [2.24, 2.45) is 0 Å². The van der Waals surface area contributed by atoms with E-state index in [9.17, 15) is 9.59 Å². The van der Waals surface area contributed by atoms with Crippen LogP contribution in [0.25, 0.3) is 5.69 Å². The van der Waals surface area contributed by atoms with Crippen molar-refractivity contribution in [3.8, 4) is 5.69 Å². The molecule has 7 heteroatoms. The Bertz CT molecular complexity index is 1090. The number of benzene rings is 2. The van der Waals surface area contributed by atoms with Crippen LogP contribution in [-0.4, -0.2) is 26.8 Å². The Hall–Kier alpha value is -2.02. The van der Waals surface area contributed by atoms with Crippen molar-refractivity contribution >= 4 is 40.9 Å². The van der Waals surface area contributed by atoms with Gasteiger partial charge in [-0.1, -0.05) is 41.1 Å². The van der Waals surface area contributed by atoms with Gasteiger partial charge in [0, 0.05) is 22.8 Å². The van der Waals surface area contributed by atoms with Crippen LogP contribution in [-0.2, 0) is 6.42 Å². The Morgan fingerprint density at radius 2 is 1.89 bits per heavy atom. The van der Waals surface area contributed by atoms with Gasteiger partial charge in [0.25, 0.3) is 5.56 Å². The third-order valence-electron chi connectivity index (χ3n) is 4.46. The van der Waals surface area contributed by atoms with Gasteiger partial charge in [0.1, 0.15) is 0 Å². The summed E-state index contributed by atoms with van der Waals surface area (Å²) in [7, 11) is 0. The molecule has 2 aromatic carbocycles. The standard InChI is InChI=1S/C21H17ClN2O2S2/c1-13-2-8-16(9-3-13)24-20(26)19-17(10-11-27-19)23-21(24)28-12-18(25)14-4-6-15(22)7-5-14/h2-9H,10-12H2,1H3. The van der Waals surface area contributed by atoms with Crippen molar-refractivity contribution in [1.82, 2.24) is 9.55 Å². The number of nitrogens with zero attached hydrogens (tertiary/aromatic N) is 2. The maximum absolute atomic E-state index is 13.1. The number of fused-ring (bicyclic) bond motifs is 1. The Morgan fingerprint density at radius 1 is 1.18 bits per heavy atom. The summed E-state index contributed by atoms with van der Waals surface area (Å²) in [4.78, 5) is 31.1. The SMILES string of the molecule is Cc1ccc(-n2c(SCC(=O)c3ccc(Cl)cc3)nc3c(c2=O)SCC3)cc1. The number of rotatable bonds is 5. The Kier molecular flexibility index (Phi) is 5.62. The van der Waals surface area contributed by atoms with Crippen LogP contribution < -0.4 is 5.56 Å². The molecule has 0 aliphatic carbocycles. The molecule has 1 aromatic heterocycles. The van der Waals surface area contributed by atoms with Crippen LogP contribution in [0.1, 0.15) is 21.6 Å². The van der Waals surface area contributed by atoms with Crippen LogP contribution in [0.2, 0.25) is 5.02 Å². The minimum Gasteiger partial charge on any atom is -0.293 e. The number of thioether (sulfide) groups is 2. The fourth-order valence-electron chi connectivity index (χ4n) is 2.96. The number of hydrogen-bond acceptors (Lipinski definition) is 5. The van der Waals surface area contributed by atoms with Crippen LogP contribution in [0, 0.1) is 6.92 Å². The molecule has 1 aliphatic rings. The van der Waals surface area contributed by atoms with Crippen LogP contribution in [0.4, 0.5) is 0 Å². The highest BCUT2D eigenvalue weighted by atomic mass is 35.5. The maximum atomic E-state index is 13.1. The van der Waals surface area contributed by atoms with Crippen molar-refractivity contribution in [3.05, 3.63) is 80.7 Å². The molecule has 0 radical (unpaired) electrons. The number of carbonyl (C=O) groups is 1. The van der Waals surface area contributed by atoms with Crippen molar-refractivity contribution in [1.29, 1.82) is 0 Å². The Labute approximate surface area is 176 Å². The highest BCUT2D eigenvalue weighted by Gasteiger charge is 2.23. The lowest BCUT2D eigenvalue weighted by Gasteiger charge is -2.13. The lowest BCUT2D eigenvalue weighted by atomic mass is 10.1. The molecule has 0 spiro atoms. The van der Waals surface area contributed by atoms with Crippen molar-refractivity contribution in [3.63, 3.8) is 0 Å². The van der Waals surface area contributed by atoms with Gasteiger partial charge in [-0.3, -0.25) is 14.2 Å². The Morgan fingerprint density at radius 3 is 2.61 bits per heavy atom. The number of carbonyl (C=O) groups excluding carboxylic acids is 1. The fraction of sp³-hybridized carbons (Fsp3) is 0.190. The molecular formula is C21H17ClN2O2S2. The largest absolute Gasteiger partial charge is 0.293 e. The zero-order valence-corrected chi connectivity index (χ0v) is 17.5. The summed E-state index contributed by atoms with van der Waals surface area (Å²) in [6.45, 7) is 2.00. The lowest BCUT2D eigenvalue weighted by Crippen LogP contribution is -2.24. The molecule has 0 saturated heterocycles. The van der Waals surface area contributed by atoms with E-state index >= 15 is 0 Å². The lowest BCUT2D eigenvalue weighted by molar-refractivity contribution is 0.102. The average molecular weight is 429 g/mol. The second-order valence-electron chi connectivity index (χ2n) is 6.46. The summed E-state index contributed by atoms with van der Waals surface area (Å²) >= 11 is 8.74. The van der Waals surface area contributed by atoms with Crippen molar-refractivity contribution < 1.29 is 4.79 Å². The minimum absolute atomic E-state index is 0.0266. The predicted octanol–water partition coefficient (Wildman–Crippen LogP) is 4.82. The molecule has 0 fully saturated rings. The van der Waals surface area contributed by atoms with Crippen LogP contribution in [0.5, 0.6) is 0 Å². The molecule has 142 valence electrons. The number of aromatic nitrogens is 2. The molecule has 0 bridgehead atoms. The second-order valence-corrected chi connectivity index (χ2v) is 8.95. The zero-order chi connectivity index (χ0) is 19.7. The number of halogens is 1. The molecule has 0 N–H and O–H groups in total. The van der Waals surface area contributed by atoms with Gasteiger partial charge in [-0.2, -0.15) is 0 Å². The van der Waals surface area contributed by atoms with Crippen LogP contribution in [0.15, 0.2) is 63.4 Å². The maximum Gasteiger partial charge on any atom is 0.272 e. The first-order chi connectivity index (χ1) is 13.5. The molecule has 28 heavy (non-hydrogen) atoms. The molecule has 0 saturated carbocycles. The second kappa shape index (κ2) is 8.15. The first-order valence-electron chi connectivity index (χ1n) is 8.80. The van der Waals surface area contributed by atoms with Gasteiger partial charge in [-0.25, -0.2) is 4.98 Å². The summed E-state index contributed by atoms with van der Waals surface area (Å²) in [6.07, 6.45) is 0.780. The molecule has 1 aliphatic heterocycles.